The Morgan fingerprint density at radius 2 is 1.95 bits per heavy atom. The Morgan fingerprint density at radius 3 is 2.67 bits per heavy atom. The predicted octanol–water partition coefficient (Wildman–Crippen LogP) is 3.42. The van der Waals surface area contributed by atoms with E-state index in [-0.39, 0.29) is 0 Å². The molecule has 0 saturated carbocycles. The number of furan rings is 2. The zero-order chi connectivity index (χ0) is 14.8. The number of aryl methyl sites for hydroxylation is 1. The van der Waals surface area contributed by atoms with E-state index in [0.717, 1.165) is 35.6 Å². The minimum absolute atomic E-state index is 0.419. The van der Waals surface area contributed by atoms with Gasteiger partial charge < -0.3 is 14.6 Å². The minimum Gasteiger partial charge on any atom is -0.469 e. The van der Waals surface area contributed by atoms with Crippen molar-refractivity contribution in [2.45, 2.75) is 26.6 Å². The molecular weight excluding hydrogens is 264 g/mol. The Hall–Kier alpha value is -2.04. The summed E-state index contributed by atoms with van der Waals surface area (Å²) in [5.41, 5.74) is 9.11. The molecule has 0 saturated heterocycles. The van der Waals surface area contributed by atoms with Gasteiger partial charge in [0.15, 0.2) is 0 Å². The first-order valence-corrected chi connectivity index (χ1v) is 7.10. The lowest BCUT2D eigenvalue weighted by Gasteiger charge is -2.16. The highest BCUT2D eigenvalue weighted by Crippen LogP contribution is 2.27. The van der Waals surface area contributed by atoms with Crippen molar-refractivity contribution in [3.63, 3.8) is 0 Å². The van der Waals surface area contributed by atoms with Gasteiger partial charge in [0.2, 0.25) is 0 Å². The van der Waals surface area contributed by atoms with Crippen LogP contribution in [-0.4, -0.2) is 11.9 Å². The predicted molar refractivity (Wildman–Crippen MR) is 82.7 cm³/mol. The monoisotopic (exact) mass is 284 g/mol. The first-order valence-electron chi connectivity index (χ1n) is 7.10. The third-order valence-corrected chi connectivity index (χ3v) is 3.80. The molecular formula is C17H20N2O2. The van der Waals surface area contributed by atoms with E-state index in [4.69, 9.17) is 14.6 Å². The molecule has 0 bridgehead atoms. The summed E-state index contributed by atoms with van der Waals surface area (Å²) in [4.78, 5) is 2.24. The Morgan fingerprint density at radius 1 is 1.14 bits per heavy atom. The van der Waals surface area contributed by atoms with Crippen molar-refractivity contribution in [1.82, 2.24) is 4.90 Å². The highest BCUT2D eigenvalue weighted by Gasteiger charge is 2.15. The molecule has 0 unspecified atom stereocenters. The van der Waals surface area contributed by atoms with E-state index in [1.165, 1.54) is 11.1 Å². The maximum absolute atomic E-state index is 5.84. The summed E-state index contributed by atoms with van der Waals surface area (Å²) in [6.07, 6.45) is 1.73. The average molecular weight is 284 g/mol. The van der Waals surface area contributed by atoms with E-state index in [0.29, 0.717) is 6.54 Å². The molecule has 4 heteroatoms. The number of nitrogens with zero attached hydrogens (tertiary/aromatic N) is 1. The van der Waals surface area contributed by atoms with Crippen LogP contribution in [0.5, 0.6) is 0 Å². The molecule has 0 atom stereocenters. The van der Waals surface area contributed by atoms with Gasteiger partial charge in [-0.05, 0) is 26.1 Å². The lowest BCUT2D eigenvalue weighted by Crippen LogP contribution is -2.18. The second-order valence-electron chi connectivity index (χ2n) is 5.38. The van der Waals surface area contributed by atoms with Crippen LogP contribution in [0.1, 0.15) is 22.6 Å². The molecule has 1 aromatic carbocycles. The summed E-state index contributed by atoms with van der Waals surface area (Å²) in [5, 5.41) is 1.15. The normalized spacial score (nSPS) is 11.6. The molecule has 3 rings (SSSR count). The van der Waals surface area contributed by atoms with Gasteiger partial charge in [0.1, 0.15) is 17.1 Å². The maximum Gasteiger partial charge on any atom is 0.134 e. The smallest absolute Gasteiger partial charge is 0.134 e. The Labute approximate surface area is 124 Å². The standard InChI is InChI=1S/C17H20N2O2/c1-12-13(7-8-20-12)10-19(2)11-15-14-5-3-4-6-16(14)21-17(15)9-18/h3-8H,9-11,18H2,1-2H3. The van der Waals surface area contributed by atoms with E-state index >= 15 is 0 Å². The fourth-order valence-corrected chi connectivity index (χ4v) is 2.68. The third kappa shape index (κ3) is 2.73. The summed E-state index contributed by atoms with van der Waals surface area (Å²) in [6, 6.07) is 10.1. The summed E-state index contributed by atoms with van der Waals surface area (Å²) in [6.45, 7) is 4.05. The van der Waals surface area contributed by atoms with Gasteiger partial charge in [0.05, 0.1) is 12.8 Å². The topological polar surface area (TPSA) is 55.5 Å². The van der Waals surface area contributed by atoms with Crippen LogP contribution in [-0.2, 0) is 19.6 Å². The molecule has 0 amide bonds. The van der Waals surface area contributed by atoms with Crippen LogP contribution in [0.3, 0.4) is 0 Å². The van der Waals surface area contributed by atoms with E-state index in [1.807, 2.05) is 31.2 Å². The van der Waals surface area contributed by atoms with Gasteiger partial charge in [-0.3, -0.25) is 4.90 Å². The molecule has 0 fully saturated rings. The number of rotatable bonds is 5. The van der Waals surface area contributed by atoms with Gasteiger partial charge in [0.25, 0.3) is 0 Å². The Balaban J connectivity index is 1.85. The first kappa shape index (κ1) is 13.9. The van der Waals surface area contributed by atoms with Crippen molar-refractivity contribution < 1.29 is 8.83 Å². The summed E-state index contributed by atoms with van der Waals surface area (Å²) in [7, 11) is 2.09. The fourth-order valence-electron chi connectivity index (χ4n) is 2.68. The summed E-state index contributed by atoms with van der Waals surface area (Å²) >= 11 is 0. The zero-order valence-corrected chi connectivity index (χ0v) is 12.4. The van der Waals surface area contributed by atoms with Crippen LogP contribution < -0.4 is 5.73 Å². The minimum atomic E-state index is 0.419. The van der Waals surface area contributed by atoms with Crippen molar-refractivity contribution in [2.75, 3.05) is 7.05 Å². The molecule has 0 aliphatic rings. The van der Waals surface area contributed by atoms with Gasteiger partial charge in [0, 0.05) is 29.6 Å². The molecule has 3 aromatic rings. The van der Waals surface area contributed by atoms with Gasteiger partial charge in [-0.1, -0.05) is 18.2 Å². The number of fused-ring (bicyclic) bond motifs is 1. The van der Waals surface area contributed by atoms with E-state index in [1.54, 1.807) is 6.26 Å². The molecule has 0 spiro atoms. The largest absolute Gasteiger partial charge is 0.469 e. The Kier molecular flexibility index (Phi) is 3.82. The Bertz CT molecular complexity index is 742. The van der Waals surface area contributed by atoms with Gasteiger partial charge in [-0.2, -0.15) is 0 Å². The highest BCUT2D eigenvalue weighted by atomic mass is 16.3. The number of benzene rings is 1. The molecule has 2 aromatic heterocycles. The SMILES string of the molecule is Cc1occc1CN(C)Cc1c(CN)oc2ccccc12. The van der Waals surface area contributed by atoms with Crippen molar-refractivity contribution in [1.29, 1.82) is 0 Å². The maximum atomic E-state index is 5.84. The molecule has 2 N–H and O–H groups in total. The molecule has 21 heavy (non-hydrogen) atoms. The lowest BCUT2D eigenvalue weighted by molar-refractivity contribution is 0.314. The van der Waals surface area contributed by atoms with E-state index in [2.05, 4.69) is 18.0 Å². The molecule has 0 radical (unpaired) electrons. The van der Waals surface area contributed by atoms with Crippen molar-refractivity contribution >= 4 is 11.0 Å². The van der Waals surface area contributed by atoms with Crippen LogP contribution in [0.2, 0.25) is 0 Å². The van der Waals surface area contributed by atoms with Crippen LogP contribution in [0, 0.1) is 6.92 Å². The summed E-state index contributed by atoms with van der Waals surface area (Å²) < 4.78 is 11.2. The fraction of sp³-hybridized carbons (Fsp3) is 0.294. The van der Waals surface area contributed by atoms with Gasteiger partial charge >= 0.3 is 0 Å². The third-order valence-electron chi connectivity index (χ3n) is 3.80. The van der Waals surface area contributed by atoms with E-state index < -0.39 is 0 Å². The van der Waals surface area contributed by atoms with Crippen LogP contribution in [0.4, 0.5) is 0 Å². The highest BCUT2D eigenvalue weighted by molar-refractivity contribution is 5.82. The van der Waals surface area contributed by atoms with Crippen molar-refractivity contribution in [3.05, 3.63) is 59.2 Å². The van der Waals surface area contributed by atoms with Crippen LogP contribution in [0.25, 0.3) is 11.0 Å². The number of hydrogen-bond acceptors (Lipinski definition) is 4. The second-order valence-corrected chi connectivity index (χ2v) is 5.38. The van der Waals surface area contributed by atoms with Crippen molar-refractivity contribution in [3.8, 4) is 0 Å². The quantitative estimate of drug-likeness (QED) is 0.780. The van der Waals surface area contributed by atoms with Crippen LogP contribution in [0.15, 0.2) is 45.4 Å². The molecule has 0 aliphatic heterocycles. The van der Waals surface area contributed by atoms with Gasteiger partial charge in [-0.25, -0.2) is 0 Å². The summed E-state index contributed by atoms with van der Waals surface area (Å²) in [5.74, 6) is 1.84. The molecule has 110 valence electrons. The molecule has 4 nitrogen and oxygen atoms in total. The van der Waals surface area contributed by atoms with E-state index in [9.17, 15) is 0 Å². The van der Waals surface area contributed by atoms with Crippen molar-refractivity contribution in [2.24, 2.45) is 5.73 Å². The number of nitrogens with two attached hydrogens (primary N) is 1. The number of para-hydroxylation sites is 1. The second kappa shape index (κ2) is 5.76. The first-order chi connectivity index (χ1) is 10.2. The molecule has 2 heterocycles. The molecule has 0 aliphatic carbocycles. The average Bonchev–Trinajstić information content (AvgIpc) is 3.04. The zero-order valence-electron chi connectivity index (χ0n) is 12.4. The van der Waals surface area contributed by atoms with Crippen LogP contribution >= 0.6 is 0 Å². The lowest BCUT2D eigenvalue weighted by atomic mass is 10.1. The number of hydrogen-bond donors (Lipinski definition) is 1. The van der Waals surface area contributed by atoms with Gasteiger partial charge in [-0.15, -0.1) is 0 Å².